The van der Waals surface area contributed by atoms with Crippen molar-refractivity contribution in [1.29, 1.82) is 0 Å². The molecule has 0 N–H and O–H groups in total. The molecule has 0 aliphatic heterocycles. The standard InChI is InChI=1S/C32H28F4IN3O4S/c1-4-42-28-17-25(18(3)21-8-6-7-19(30(21)35)9-12-29(41)43-5-2)38-40(28)27-15-20(10-11-23(27)33)44-32-24(34)16-26-22(31(32)36)13-14-39(26)45-37/h6-8,10-11,13-18H,4-5,9,12H2,1-3H3. The number of aryl methyl sites for hydroxylation is 1. The van der Waals surface area contributed by atoms with E-state index in [9.17, 15) is 4.79 Å². The minimum Gasteiger partial charge on any atom is -0.478 e. The number of carbonyl (C=O) groups is 1. The Bertz CT molecular complexity index is 1860. The normalized spacial score (nSPS) is 12.0. The number of fused-ring (bicyclic) bond motifs is 1. The van der Waals surface area contributed by atoms with Gasteiger partial charge in [0.25, 0.3) is 0 Å². The van der Waals surface area contributed by atoms with Crippen LogP contribution in [-0.2, 0) is 16.0 Å². The monoisotopic (exact) mass is 753 g/mol. The summed E-state index contributed by atoms with van der Waals surface area (Å²) in [6, 6.07) is 12.8. The first-order valence-electron chi connectivity index (χ1n) is 14.1. The summed E-state index contributed by atoms with van der Waals surface area (Å²) in [5.41, 5.74) is 1.31. The van der Waals surface area contributed by atoms with Crippen LogP contribution in [0, 0.1) is 23.3 Å². The third-order valence-corrected chi connectivity index (χ3v) is 8.90. The summed E-state index contributed by atoms with van der Waals surface area (Å²) < 4.78 is 80.3. The SMILES string of the molecule is CCOC(=O)CCc1cccc(C(C)c2cc(OCC)n(-c3cc(Oc4c(F)cc5c(ccn5SI)c4F)ccc3F)n2)c1F. The predicted molar refractivity (Wildman–Crippen MR) is 172 cm³/mol. The summed E-state index contributed by atoms with van der Waals surface area (Å²) >= 11 is 2.00. The van der Waals surface area contributed by atoms with E-state index in [4.69, 9.17) is 14.2 Å². The zero-order chi connectivity index (χ0) is 32.2. The van der Waals surface area contributed by atoms with Crippen molar-refractivity contribution in [3.8, 4) is 23.1 Å². The van der Waals surface area contributed by atoms with Gasteiger partial charge in [0.2, 0.25) is 5.88 Å². The van der Waals surface area contributed by atoms with Gasteiger partial charge in [0.05, 0.1) is 24.4 Å². The topological polar surface area (TPSA) is 67.5 Å². The number of rotatable bonds is 12. The Balaban J connectivity index is 1.47. The van der Waals surface area contributed by atoms with E-state index in [0.29, 0.717) is 22.3 Å². The van der Waals surface area contributed by atoms with Crippen molar-refractivity contribution in [3.63, 3.8) is 0 Å². The van der Waals surface area contributed by atoms with E-state index in [-0.39, 0.29) is 48.8 Å². The van der Waals surface area contributed by atoms with Gasteiger partial charge in [-0.3, -0.25) is 8.77 Å². The van der Waals surface area contributed by atoms with Crippen molar-refractivity contribution in [3.05, 3.63) is 101 Å². The molecule has 45 heavy (non-hydrogen) atoms. The second-order valence-electron chi connectivity index (χ2n) is 9.96. The van der Waals surface area contributed by atoms with Crippen LogP contribution in [0.25, 0.3) is 16.6 Å². The summed E-state index contributed by atoms with van der Waals surface area (Å²) in [6.45, 7) is 5.66. The van der Waals surface area contributed by atoms with Crippen LogP contribution >= 0.6 is 30.3 Å². The third kappa shape index (κ3) is 6.78. The van der Waals surface area contributed by atoms with E-state index in [1.54, 1.807) is 55.2 Å². The Morgan fingerprint density at radius 2 is 1.80 bits per heavy atom. The van der Waals surface area contributed by atoms with Gasteiger partial charge in [-0.25, -0.2) is 17.6 Å². The Hall–Kier alpha value is -3.72. The molecule has 2 heterocycles. The maximum atomic E-state index is 15.6. The molecule has 0 bridgehead atoms. The molecule has 0 saturated carbocycles. The van der Waals surface area contributed by atoms with E-state index in [1.807, 2.05) is 21.2 Å². The summed E-state index contributed by atoms with van der Waals surface area (Å²) in [4.78, 5) is 11.8. The zero-order valence-corrected chi connectivity index (χ0v) is 27.4. The Morgan fingerprint density at radius 1 is 1.00 bits per heavy atom. The Labute approximate surface area is 273 Å². The molecule has 5 aromatic rings. The van der Waals surface area contributed by atoms with E-state index in [0.717, 1.165) is 6.07 Å². The molecule has 1 unspecified atom stereocenters. The van der Waals surface area contributed by atoms with Gasteiger partial charge in [0.1, 0.15) is 23.1 Å². The lowest BCUT2D eigenvalue weighted by Gasteiger charge is -2.14. The molecule has 0 saturated heterocycles. The first-order chi connectivity index (χ1) is 21.7. The van der Waals surface area contributed by atoms with Crippen molar-refractivity contribution in [1.82, 2.24) is 13.8 Å². The molecule has 2 aromatic heterocycles. The highest BCUT2D eigenvalue weighted by Crippen LogP contribution is 2.37. The lowest BCUT2D eigenvalue weighted by Crippen LogP contribution is -2.08. The Morgan fingerprint density at radius 3 is 2.53 bits per heavy atom. The van der Waals surface area contributed by atoms with Crippen LogP contribution in [-0.4, -0.2) is 32.9 Å². The number of nitrogens with zero attached hydrogens (tertiary/aromatic N) is 3. The summed E-state index contributed by atoms with van der Waals surface area (Å²) in [6.07, 6.45) is 1.82. The molecule has 3 aromatic carbocycles. The lowest BCUT2D eigenvalue weighted by molar-refractivity contribution is -0.143. The van der Waals surface area contributed by atoms with E-state index in [1.165, 1.54) is 38.1 Å². The third-order valence-electron chi connectivity index (χ3n) is 7.16. The largest absolute Gasteiger partial charge is 0.478 e. The highest BCUT2D eigenvalue weighted by Gasteiger charge is 2.24. The van der Waals surface area contributed by atoms with Crippen molar-refractivity contribution in [2.45, 2.75) is 39.5 Å². The van der Waals surface area contributed by atoms with Crippen LogP contribution < -0.4 is 9.47 Å². The molecule has 7 nitrogen and oxygen atoms in total. The van der Waals surface area contributed by atoms with Gasteiger partial charge in [-0.15, -0.1) is 0 Å². The number of hydrogen-bond acceptors (Lipinski definition) is 6. The molecule has 5 rings (SSSR count). The second kappa shape index (κ2) is 14.1. The van der Waals surface area contributed by atoms with Gasteiger partial charge >= 0.3 is 5.97 Å². The van der Waals surface area contributed by atoms with E-state index in [2.05, 4.69) is 5.10 Å². The zero-order valence-electron chi connectivity index (χ0n) is 24.5. The molecular weight excluding hydrogens is 725 g/mol. The quantitative estimate of drug-likeness (QED) is 0.0720. The molecule has 1 atom stereocenters. The first-order valence-corrected chi connectivity index (χ1v) is 17.4. The summed E-state index contributed by atoms with van der Waals surface area (Å²) in [5, 5.41) is 4.71. The number of carbonyl (C=O) groups excluding carboxylic acids is 1. The van der Waals surface area contributed by atoms with Crippen molar-refractivity contribution < 1.29 is 36.6 Å². The molecule has 0 aliphatic carbocycles. The number of halogens is 5. The fourth-order valence-electron chi connectivity index (χ4n) is 4.93. The van der Waals surface area contributed by atoms with Crippen molar-refractivity contribution >= 4 is 47.2 Å². The maximum Gasteiger partial charge on any atom is 0.306 e. The van der Waals surface area contributed by atoms with Crippen LogP contribution in [0.1, 0.15) is 49.9 Å². The molecule has 0 fully saturated rings. The average Bonchev–Trinajstić information content (AvgIpc) is 3.64. The summed E-state index contributed by atoms with van der Waals surface area (Å²) in [7, 11) is 1.26. The summed E-state index contributed by atoms with van der Waals surface area (Å²) in [5.74, 6) is -4.49. The molecule has 236 valence electrons. The number of hydrogen-bond donors (Lipinski definition) is 0. The number of benzene rings is 3. The fourth-order valence-corrected chi connectivity index (χ4v) is 6.29. The average molecular weight is 754 g/mol. The van der Waals surface area contributed by atoms with Gasteiger partial charge in [-0.2, -0.15) is 9.78 Å². The van der Waals surface area contributed by atoms with Gasteiger partial charge in [-0.1, -0.05) is 25.1 Å². The molecule has 0 amide bonds. The molecule has 13 heteroatoms. The number of aromatic nitrogens is 3. The minimum absolute atomic E-state index is 0.0370. The maximum absolute atomic E-state index is 15.6. The van der Waals surface area contributed by atoms with Gasteiger partial charge in [0.15, 0.2) is 17.4 Å². The molecule has 0 aliphatic rings. The van der Waals surface area contributed by atoms with Crippen LogP contribution in [0.2, 0.25) is 0 Å². The van der Waals surface area contributed by atoms with Crippen LogP contribution in [0.3, 0.4) is 0 Å². The van der Waals surface area contributed by atoms with E-state index < -0.39 is 40.9 Å². The minimum atomic E-state index is -0.923. The fraction of sp³-hybridized carbons (Fsp3) is 0.250. The highest BCUT2D eigenvalue weighted by atomic mass is 127. The molecular formula is C32H28F4IN3O4S. The van der Waals surface area contributed by atoms with Crippen LogP contribution in [0.5, 0.6) is 17.4 Å². The number of esters is 1. The Kier molecular flexibility index (Phi) is 10.3. The van der Waals surface area contributed by atoms with Gasteiger partial charge in [0, 0.05) is 72.4 Å². The predicted octanol–water partition coefficient (Wildman–Crippen LogP) is 9.07. The van der Waals surface area contributed by atoms with Crippen molar-refractivity contribution in [2.75, 3.05) is 13.2 Å². The van der Waals surface area contributed by atoms with Gasteiger partial charge < -0.3 is 14.2 Å². The van der Waals surface area contributed by atoms with E-state index >= 15 is 17.6 Å². The smallest absolute Gasteiger partial charge is 0.306 e. The van der Waals surface area contributed by atoms with Gasteiger partial charge in [-0.05, 0) is 49.6 Å². The van der Waals surface area contributed by atoms with Crippen LogP contribution in [0.15, 0.2) is 60.8 Å². The highest BCUT2D eigenvalue weighted by molar-refractivity contribution is 14.2. The lowest BCUT2D eigenvalue weighted by atomic mass is 9.94. The van der Waals surface area contributed by atoms with Crippen molar-refractivity contribution in [2.24, 2.45) is 0 Å². The molecule has 0 radical (unpaired) electrons. The second-order valence-corrected chi connectivity index (χ2v) is 11.7. The first kappa shape index (κ1) is 32.7. The number of ether oxygens (including phenoxy) is 3. The molecule has 0 spiro atoms. The van der Waals surface area contributed by atoms with Crippen LogP contribution in [0.4, 0.5) is 17.6 Å².